The Labute approximate surface area is 131 Å². The maximum Gasteiger partial charge on any atom is 0.513 e. The smallest absolute Gasteiger partial charge is 0.414 e. The van der Waals surface area contributed by atoms with Crippen molar-refractivity contribution in [2.75, 3.05) is 0 Å². The molecule has 2 aromatic carbocycles. The number of benzene rings is 2. The molecule has 2 aromatic rings. The van der Waals surface area contributed by atoms with Crippen LogP contribution in [0.15, 0.2) is 60.7 Å². The second kappa shape index (κ2) is 6.82. The van der Waals surface area contributed by atoms with Crippen molar-refractivity contribution < 1.29 is 13.0 Å². The molecule has 0 aliphatic rings. The molecule has 0 saturated heterocycles. The molecule has 6 heteroatoms. The Bertz CT molecular complexity index is 557. The van der Waals surface area contributed by atoms with Gasteiger partial charge in [-0.15, -0.1) is 0 Å². The second-order valence-electron chi connectivity index (χ2n) is 5.94. The number of hydrogen-bond donors (Lipinski definition) is 1. The van der Waals surface area contributed by atoms with Crippen molar-refractivity contribution in [2.24, 2.45) is 0 Å². The summed E-state index contributed by atoms with van der Waals surface area (Å²) in [4.78, 5) is 11.0. The van der Waals surface area contributed by atoms with Gasteiger partial charge in [0.1, 0.15) is 0 Å². The Hall–Kier alpha value is -1.03. The average molecular weight is 335 g/mol. The first kappa shape index (κ1) is 16.3. The third-order valence-electron chi connectivity index (χ3n) is 2.86. The second-order valence-corrected chi connectivity index (χ2v) is 15.0. The molecule has 2 rings (SSSR count). The molecule has 1 N–H and O–H groups in total. The largest absolute Gasteiger partial charge is 0.513 e. The Kier molecular flexibility index (Phi) is 5.31. The Morgan fingerprint density at radius 3 is 1.90 bits per heavy atom. The van der Waals surface area contributed by atoms with Crippen LogP contribution in [-0.2, 0) is 8.23 Å². The van der Waals surface area contributed by atoms with Gasteiger partial charge in [-0.1, -0.05) is 60.7 Å². The molecule has 112 valence electrons. The van der Waals surface area contributed by atoms with Crippen molar-refractivity contribution in [1.82, 2.24) is 0 Å². The van der Waals surface area contributed by atoms with Gasteiger partial charge in [0.15, 0.2) is 18.1 Å². The highest BCUT2D eigenvalue weighted by atomic mass is 28.5. The summed E-state index contributed by atoms with van der Waals surface area (Å²) < 4.78 is 12.1. The van der Waals surface area contributed by atoms with E-state index >= 15 is 0 Å². The normalized spacial score (nSPS) is 15.2. The SMILES string of the molecule is C[Si](C)(C)O[Si](O)(O[SiH2]c1ccccc1)c1ccccc1. The maximum atomic E-state index is 11.0. The van der Waals surface area contributed by atoms with Gasteiger partial charge in [0.2, 0.25) is 0 Å². The summed E-state index contributed by atoms with van der Waals surface area (Å²) >= 11 is 0. The van der Waals surface area contributed by atoms with Crippen LogP contribution in [0, 0.1) is 0 Å². The quantitative estimate of drug-likeness (QED) is 0.804. The van der Waals surface area contributed by atoms with E-state index < -0.39 is 26.9 Å². The van der Waals surface area contributed by atoms with Gasteiger partial charge in [0.25, 0.3) is 0 Å². The van der Waals surface area contributed by atoms with Crippen LogP contribution >= 0.6 is 0 Å². The fraction of sp³-hybridized carbons (Fsp3) is 0.200. The molecular weight excluding hydrogens is 312 g/mol. The third-order valence-corrected chi connectivity index (χ3v) is 10.4. The van der Waals surface area contributed by atoms with E-state index in [1.807, 2.05) is 60.7 Å². The molecule has 21 heavy (non-hydrogen) atoms. The summed E-state index contributed by atoms with van der Waals surface area (Å²) in [5.41, 5.74) is 0. The summed E-state index contributed by atoms with van der Waals surface area (Å²) in [6.45, 7) is 6.21. The van der Waals surface area contributed by atoms with Crippen LogP contribution in [0.5, 0.6) is 0 Å². The maximum absolute atomic E-state index is 11.0. The first-order valence-corrected chi connectivity index (χ1v) is 13.5. The zero-order chi connectivity index (χ0) is 15.3. The van der Waals surface area contributed by atoms with E-state index in [1.165, 1.54) is 5.19 Å². The molecule has 1 atom stereocenters. The zero-order valence-corrected chi connectivity index (χ0v) is 16.2. The first-order valence-electron chi connectivity index (χ1n) is 7.05. The molecule has 0 amide bonds. The first-order chi connectivity index (χ1) is 9.89. The molecule has 0 aliphatic carbocycles. The fourth-order valence-electron chi connectivity index (χ4n) is 1.99. The average Bonchev–Trinajstić information content (AvgIpc) is 2.46. The van der Waals surface area contributed by atoms with Gasteiger partial charge in [-0.25, -0.2) is 0 Å². The lowest BCUT2D eigenvalue weighted by Gasteiger charge is -2.31. The molecular formula is C15H22O3Si3. The lowest BCUT2D eigenvalue weighted by Crippen LogP contribution is -2.60. The fourth-order valence-corrected chi connectivity index (χ4v) is 9.74. The van der Waals surface area contributed by atoms with Crippen molar-refractivity contribution in [3.8, 4) is 0 Å². The summed E-state index contributed by atoms with van der Waals surface area (Å²) in [6.07, 6.45) is 0. The van der Waals surface area contributed by atoms with E-state index in [4.69, 9.17) is 8.23 Å². The summed E-state index contributed by atoms with van der Waals surface area (Å²) in [5, 5.41) is 1.95. The van der Waals surface area contributed by atoms with Gasteiger partial charge < -0.3 is 13.0 Å². The number of rotatable bonds is 6. The Balaban J connectivity index is 2.20. The molecule has 1 unspecified atom stereocenters. The van der Waals surface area contributed by atoms with Gasteiger partial charge >= 0.3 is 8.80 Å². The Morgan fingerprint density at radius 1 is 0.857 bits per heavy atom. The van der Waals surface area contributed by atoms with Crippen molar-refractivity contribution in [1.29, 1.82) is 0 Å². The highest BCUT2D eigenvalue weighted by molar-refractivity contribution is 6.87. The molecule has 0 bridgehead atoms. The van der Waals surface area contributed by atoms with E-state index in [0.29, 0.717) is 0 Å². The molecule has 0 spiro atoms. The van der Waals surface area contributed by atoms with Gasteiger partial charge in [-0.2, -0.15) is 0 Å². The van der Waals surface area contributed by atoms with Gasteiger partial charge in [0.05, 0.1) is 0 Å². The van der Waals surface area contributed by atoms with E-state index in [2.05, 4.69) is 19.6 Å². The van der Waals surface area contributed by atoms with Crippen LogP contribution in [-0.4, -0.2) is 31.7 Å². The van der Waals surface area contributed by atoms with E-state index in [1.54, 1.807) is 0 Å². The Morgan fingerprint density at radius 2 is 1.38 bits per heavy atom. The molecule has 0 aliphatic heterocycles. The van der Waals surface area contributed by atoms with Crippen LogP contribution in [0.25, 0.3) is 0 Å². The lowest BCUT2D eigenvalue weighted by atomic mass is 10.4. The van der Waals surface area contributed by atoms with Crippen molar-refractivity contribution in [2.45, 2.75) is 19.6 Å². The molecule has 0 saturated carbocycles. The van der Waals surface area contributed by atoms with Crippen molar-refractivity contribution >= 4 is 37.3 Å². The molecule has 0 aromatic heterocycles. The summed E-state index contributed by atoms with van der Waals surface area (Å²) in [5.74, 6) is 0. The molecule has 3 nitrogen and oxygen atoms in total. The van der Waals surface area contributed by atoms with Crippen molar-refractivity contribution in [3.05, 3.63) is 60.7 Å². The van der Waals surface area contributed by atoms with Crippen LogP contribution in [0.4, 0.5) is 0 Å². The molecule has 0 radical (unpaired) electrons. The topological polar surface area (TPSA) is 38.7 Å². The van der Waals surface area contributed by atoms with Gasteiger partial charge in [0, 0.05) is 5.19 Å². The van der Waals surface area contributed by atoms with Crippen molar-refractivity contribution in [3.63, 3.8) is 0 Å². The molecule has 0 heterocycles. The zero-order valence-electron chi connectivity index (χ0n) is 12.7. The minimum Gasteiger partial charge on any atom is -0.414 e. The van der Waals surface area contributed by atoms with E-state index in [0.717, 1.165) is 5.19 Å². The van der Waals surface area contributed by atoms with Crippen LogP contribution in [0.1, 0.15) is 0 Å². The standard InChI is InChI=1S/C15H22O3Si3/c1-20(2,3)18-21(16,15-12-8-5-9-13-15)17-19-14-10-6-4-7-11-14/h4-13,16H,19H2,1-3H3. The van der Waals surface area contributed by atoms with E-state index in [-0.39, 0.29) is 0 Å². The predicted molar refractivity (Wildman–Crippen MR) is 94.2 cm³/mol. The summed E-state index contributed by atoms with van der Waals surface area (Å²) in [6, 6.07) is 19.6. The molecule has 0 fully saturated rings. The minimum absolute atomic E-state index is 0.788. The van der Waals surface area contributed by atoms with Crippen LogP contribution in [0.2, 0.25) is 19.6 Å². The summed E-state index contributed by atoms with van der Waals surface area (Å²) in [7, 11) is -6.24. The third kappa shape index (κ3) is 5.03. The number of hydrogen-bond acceptors (Lipinski definition) is 3. The monoisotopic (exact) mass is 334 g/mol. The van der Waals surface area contributed by atoms with Crippen LogP contribution in [0.3, 0.4) is 0 Å². The van der Waals surface area contributed by atoms with Crippen LogP contribution < -0.4 is 10.4 Å². The highest BCUT2D eigenvalue weighted by Crippen LogP contribution is 2.13. The lowest BCUT2D eigenvalue weighted by molar-refractivity contribution is 0.276. The van der Waals surface area contributed by atoms with Gasteiger partial charge in [-0.05, 0) is 24.8 Å². The van der Waals surface area contributed by atoms with Gasteiger partial charge in [-0.3, -0.25) is 0 Å². The highest BCUT2D eigenvalue weighted by Gasteiger charge is 2.43. The van der Waals surface area contributed by atoms with E-state index in [9.17, 15) is 4.80 Å². The minimum atomic E-state index is -3.32. The predicted octanol–water partition coefficient (Wildman–Crippen LogP) is 1.10.